The van der Waals surface area contributed by atoms with Gasteiger partial charge in [0.2, 0.25) is 0 Å². The minimum absolute atomic E-state index is 0.482. The van der Waals surface area contributed by atoms with Gasteiger partial charge in [-0.1, -0.05) is 25.1 Å². The number of rotatable bonds is 7. The van der Waals surface area contributed by atoms with Crippen LogP contribution in [0.5, 0.6) is 0 Å². The molecule has 6 heteroatoms. The van der Waals surface area contributed by atoms with E-state index in [2.05, 4.69) is 77.8 Å². The molecular formula is C22H36N6. The summed E-state index contributed by atoms with van der Waals surface area (Å²) in [5.41, 5.74) is 4.03. The predicted molar refractivity (Wildman–Crippen MR) is 119 cm³/mol. The van der Waals surface area contributed by atoms with Crippen LogP contribution in [-0.2, 0) is 12.8 Å². The van der Waals surface area contributed by atoms with E-state index >= 15 is 0 Å². The molecule has 0 spiro atoms. The van der Waals surface area contributed by atoms with Crippen molar-refractivity contribution in [3.8, 4) is 0 Å². The zero-order valence-corrected chi connectivity index (χ0v) is 17.9. The van der Waals surface area contributed by atoms with Crippen LogP contribution < -0.4 is 10.6 Å². The summed E-state index contributed by atoms with van der Waals surface area (Å²) in [5.74, 6) is 0.915. The highest BCUT2D eigenvalue weighted by atomic mass is 15.3. The summed E-state index contributed by atoms with van der Waals surface area (Å²) >= 11 is 0. The summed E-state index contributed by atoms with van der Waals surface area (Å²) in [6, 6.07) is 7.07. The number of hydrogen-bond acceptors (Lipinski definition) is 3. The van der Waals surface area contributed by atoms with Crippen LogP contribution in [0.3, 0.4) is 0 Å². The van der Waals surface area contributed by atoms with E-state index in [4.69, 9.17) is 4.99 Å². The Balaban J connectivity index is 1.58. The molecule has 0 bridgehead atoms. The molecule has 1 unspecified atom stereocenters. The molecule has 154 valence electrons. The highest BCUT2D eigenvalue weighted by Gasteiger charge is 2.21. The number of hydrogen-bond donors (Lipinski definition) is 3. The normalized spacial score (nSPS) is 19.3. The van der Waals surface area contributed by atoms with Crippen LogP contribution in [0.2, 0.25) is 0 Å². The van der Waals surface area contributed by atoms with E-state index in [1.807, 2.05) is 0 Å². The molecule has 0 radical (unpaired) electrons. The molecule has 3 N–H and O–H groups in total. The molecule has 1 aromatic carbocycles. The topological polar surface area (TPSA) is 58.7 Å². The SMILES string of the molecule is CCNC(=NCC1CN(C)CCN1C)NCCc1c[nH]c2c(CC)cccc12. The van der Waals surface area contributed by atoms with Gasteiger partial charge in [-0.25, -0.2) is 0 Å². The third-order valence-corrected chi connectivity index (χ3v) is 5.74. The largest absolute Gasteiger partial charge is 0.361 e. The number of piperazine rings is 1. The maximum absolute atomic E-state index is 4.85. The first kappa shape index (κ1) is 20.7. The quantitative estimate of drug-likeness (QED) is 0.505. The van der Waals surface area contributed by atoms with E-state index in [0.29, 0.717) is 6.04 Å². The highest BCUT2D eigenvalue weighted by molar-refractivity contribution is 5.86. The lowest BCUT2D eigenvalue weighted by Crippen LogP contribution is -2.51. The molecule has 1 saturated heterocycles. The fourth-order valence-electron chi connectivity index (χ4n) is 3.93. The van der Waals surface area contributed by atoms with Crippen molar-refractivity contribution in [2.75, 3.05) is 53.4 Å². The van der Waals surface area contributed by atoms with Crippen molar-refractivity contribution in [2.45, 2.75) is 32.7 Å². The van der Waals surface area contributed by atoms with Gasteiger partial charge in [0.1, 0.15) is 0 Å². The van der Waals surface area contributed by atoms with Crippen LogP contribution in [0.15, 0.2) is 29.4 Å². The average Bonchev–Trinajstić information content (AvgIpc) is 3.11. The second-order valence-corrected chi connectivity index (χ2v) is 7.80. The summed E-state index contributed by atoms with van der Waals surface area (Å²) in [6.07, 6.45) is 4.18. The Kier molecular flexibility index (Phi) is 7.34. The third kappa shape index (κ3) is 5.06. The van der Waals surface area contributed by atoms with Crippen molar-refractivity contribution in [1.29, 1.82) is 0 Å². The molecular weight excluding hydrogens is 348 g/mol. The first-order valence-corrected chi connectivity index (χ1v) is 10.6. The molecule has 6 nitrogen and oxygen atoms in total. The molecule has 3 rings (SSSR count). The van der Waals surface area contributed by atoms with Gasteiger partial charge in [0.15, 0.2) is 5.96 Å². The van der Waals surface area contributed by atoms with E-state index in [1.165, 1.54) is 22.0 Å². The molecule has 28 heavy (non-hydrogen) atoms. The Hall–Kier alpha value is -2.05. The number of benzene rings is 1. The monoisotopic (exact) mass is 384 g/mol. The van der Waals surface area contributed by atoms with E-state index in [-0.39, 0.29) is 0 Å². The lowest BCUT2D eigenvalue weighted by atomic mass is 10.1. The molecule has 1 aromatic heterocycles. The third-order valence-electron chi connectivity index (χ3n) is 5.74. The van der Waals surface area contributed by atoms with E-state index < -0.39 is 0 Å². The van der Waals surface area contributed by atoms with Gasteiger partial charge in [-0.05, 0) is 45.0 Å². The van der Waals surface area contributed by atoms with Crippen molar-refractivity contribution in [2.24, 2.45) is 4.99 Å². The Morgan fingerprint density at radius 2 is 2.04 bits per heavy atom. The number of fused-ring (bicyclic) bond motifs is 1. The molecule has 0 amide bonds. The summed E-state index contributed by atoms with van der Waals surface area (Å²) < 4.78 is 0. The van der Waals surface area contributed by atoms with Crippen LogP contribution in [-0.4, -0.2) is 80.1 Å². The summed E-state index contributed by atoms with van der Waals surface area (Å²) in [4.78, 5) is 13.1. The first-order chi connectivity index (χ1) is 13.6. The Morgan fingerprint density at radius 1 is 1.18 bits per heavy atom. The molecule has 1 fully saturated rings. The Bertz CT molecular complexity index is 780. The highest BCUT2D eigenvalue weighted by Crippen LogP contribution is 2.22. The smallest absolute Gasteiger partial charge is 0.191 e. The van der Waals surface area contributed by atoms with Crippen molar-refractivity contribution in [1.82, 2.24) is 25.4 Å². The zero-order valence-electron chi connectivity index (χ0n) is 17.9. The fourth-order valence-corrected chi connectivity index (χ4v) is 3.93. The maximum atomic E-state index is 4.85. The molecule has 2 aromatic rings. The number of nitrogens with one attached hydrogen (secondary N) is 3. The van der Waals surface area contributed by atoms with Crippen molar-refractivity contribution < 1.29 is 0 Å². The number of para-hydroxylation sites is 1. The molecule has 0 aliphatic carbocycles. The van der Waals surface area contributed by atoms with E-state index in [9.17, 15) is 0 Å². The van der Waals surface area contributed by atoms with Gasteiger partial charge in [-0.3, -0.25) is 9.89 Å². The van der Waals surface area contributed by atoms with Crippen LogP contribution in [0, 0.1) is 0 Å². The van der Waals surface area contributed by atoms with E-state index in [1.54, 1.807) is 0 Å². The average molecular weight is 385 g/mol. The lowest BCUT2D eigenvalue weighted by Gasteiger charge is -2.36. The van der Waals surface area contributed by atoms with Gasteiger partial charge in [0.05, 0.1) is 6.54 Å². The summed E-state index contributed by atoms with van der Waals surface area (Å²) in [6.45, 7) is 10.2. The van der Waals surface area contributed by atoms with Gasteiger partial charge in [-0.15, -0.1) is 0 Å². The number of nitrogens with zero attached hydrogens (tertiary/aromatic N) is 3. The first-order valence-electron chi connectivity index (χ1n) is 10.6. The maximum Gasteiger partial charge on any atom is 0.191 e. The number of aromatic nitrogens is 1. The van der Waals surface area contributed by atoms with Crippen LogP contribution in [0.1, 0.15) is 25.0 Å². The van der Waals surface area contributed by atoms with Gasteiger partial charge in [-0.2, -0.15) is 0 Å². The zero-order chi connectivity index (χ0) is 19.9. The van der Waals surface area contributed by atoms with Gasteiger partial charge in [0.25, 0.3) is 0 Å². The molecule has 1 aliphatic heterocycles. The second kappa shape index (κ2) is 9.94. The lowest BCUT2D eigenvalue weighted by molar-refractivity contribution is 0.119. The standard InChI is InChI=1S/C22H36N6/c1-5-17-8-7-9-20-18(14-25-21(17)20)10-11-24-22(23-6-2)26-15-19-16-27(3)12-13-28(19)4/h7-9,14,19,25H,5-6,10-13,15-16H2,1-4H3,(H2,23,24,26). The number of likely N-dealkylation sites (N-methyl/N-ethyl adjacent to an activating group) is 2. The summed E-state index contributed by atoms with van der Waals surface area (Å²) in [5, 5.41) is 8.24. The van der Waals surface area contributed by atoms with Crippen LogP contribution in [0.25, 0.3) is 10.9 Å². The molecule has 2 heterocycles. The van der Waals surface area contributed by atoms with Gasteiger partial charge >= 0.3 is 0 Å². The van der Waals surface area contributed by atoms with E-state index in [0.717, 1.165) is 58.1 Å². The fraction of sp³-hybridized carbons (Fsp3) is 0.591. The van der Waals surface area contributed by atoms with Gasteiger partial charge in [0, 0.05) is 55.9 Å². The van der Waals surface area contributed by atoms with Crippen LogP contribution >= 0.6 is 0 Å². The molecule has 1 aliphatic rings. The Morgan fingerprint density at radius 3 is 2.82 bits per heavy atom. The van der Waals surface area contributed by atoms with Crippen LogP contribution in [0.4, 0.5) is 0 Å². The summed E-state index contributed by atoms with van der Waals surface area (Å²) in [7, 11) is 4.40. The molecule has 0 saturated carbocycles. The van der Waals surface area contributed by atoms with Crippen molar-refractivity contribution >= 4 is 16.9 Å². The number of aromatic amines is 1. The Labute approximate surface area is 169 Å². The number of aryl methyl sites for hydroxylation is 1. The van der Waals surface area contributed by atoms with Crippen molar-refractivity contribution in [3.05, 3.63) is 35.5 Å². The number of aliphatic imine (C=N–C) groups is 1. The predicted octanol–water partition coefficient (Wildman–Crippen LogP) is 2.07. The minimum Gasteiger partial charge on any atom is -0.361 e. The second-order valence-electron chi connectivity index (χ2n) is 7.80. The molecule has 1 atom stereocenters. The van der Waals surface area contributed by atoms with Gasteiger partial charge < -0.3 is 20.5 Å². The number of guanidine groups is 1. The number of H-pyrrole nitrogens is 1. The minimum atomic E-state index is 0.482. The van der Waals surface area contributed by atoms with Crippen molar-refractivity contribution in [3.63, 3.8) is 0 Å².